The van der Waals surface area contributed by atoms with E-state index in [-0.39, 0.29) is 19.2 Å². The molecular formula is C38H36F4O2Si2Ti. The Balaban J connectivity index is 1.60. The molecule has 0 saturated heterocycles. The quantitative estimate of drug-likeness (QED) is 0.123. The van der Waals surface area contributed by atoms with E-state index in [1.54, 1.807) is 24.3 Å². The molecule has 2 nitrogen and oxygen atoms in total. The van der Waals surface area contributed by atoms with Crippen LogP contribution in [0.15, 0.2) is 129 Å². The fourth-order valence-electron chi connectivity index (χ4n) is 6.68. The van der Waals surface area contributed by atoms with Gasteiger partial charge in [-0.25, -0.2) is 0 Å². The zero-order valence-corrected chi connectivity index (χ0v) is 30.4. The molecule has 0 spiro atoms. The molecule has 47 heavy (non-hydrogen) atoms. The average molecular weight is 705 g/mol. The number of hydrogen-bond donors (Lipinski definition) is 0. The van der Waals surface area contributed by atoms with Crippen LogP contribution in [0.3, 0.4) is 0 Å². The molecule has 0 N–H and O–H groups in total. The molecule has 240 valence electrons. The molecule has 0 aliphatic heterocycles. The normalized spacial score (nSPS) is 14.7. The summed E-state index contributed by atoms with van der Waals surface area (Å²) in [5, 5.41) is 1.85. The van der Waals surface area contributed by atoms with E-state index in [1.807, 2.05) is 99.0 Å². The molecule has 0 saturated carbocycles. The first kappa shape index (κ1) is 33.2. The molecule has 0 aromatic heterocycles. The number of halogens is 4. The van der Waals surface area contributed by atoms with E-state index in [0.717, 1.165) is 10.4 Å². The Morgan fingerprint density at radius 3 is 1.26 bits per heavy atom. The van der Waals surface area contributed by atoms with Crippen LogP contribution in [0.1, 0.15) is 12.8 Å². The minimum atomic E-state index is -5.06. The zero-order valence-electron chi connectivity index (χ0n) is 26.8. The fourth-order valence-corrected chi connectivity index (χ4v) is 18.6. The Bertz CT molecular complexity index is 1800. The summed E-state index contributed by atoms with van der Waals surface area (Å²) in [6.07, 6.45) is 11.5. The van der Waals surface area contributed by atoms with Gasteiger partial charge in [0.05, 0.1) is 0 Å². The van der Waals surface area contributed by atoms with Gasteiger partial charge >= 0.3 is 281 Å². The summed E-state index contributed by atoms with van der Waals surface area (Å²) in [6, 6.07) is 24.0. The molecule has 4 aromatic rings. The van der Waals surface area contributed by atoms with Crippen molar-refractivity contribution in [1.82, 2.24) is 0 Å². The van der Waals surface area contributed by atoms with Gasteiger partial charge in [0.1, 0.15) is 0 Å². The summed E-state index contributed by atoms with van der Waals surface area (Å²) in [7, 11) is -5.48. The summed E-state index contributed by atoms with van der Waals surface area (Å²) in [6.45, 7) is 7.74. The molecule has 0 fully saturated rings. The van der Waals surface area contributed by atoms with Crippen LogP contribution in [0.5, 0.6) is 11.5 Å². The number of benzene rings is 4. The van der Waals surface area contributed by atoms with Gasteiger partial charge in [-0.2, -0.15) is 0 Å². The molecular weight excluding hydrogens is 668 g/mol. The molecule has 0 unspecified atom stereocenters. The van der Waals surface area contributed by atoms with Gasteiger partial charge in [0.15, 0.2) is 0 Å². The molecule has 0 radical (unpaired) electrons. The van der Waals surface area contributed by atoms with E-state index in [4.69, 9.17) is 8.85 Å². The van der Waals surface area contributed by atoms with Gasteiger partial charge in [-0.05, 0) is 0 Å². The van der Waals surface area contributed by atoms with Gasteiger partial charge < -0.3 is 0 Å². The fraction of sp³-hybridized carbons (Fsp3) is 0.158. The Kier molecular flexibility index (Phi) is 9.24. The topological polar surface area (TPSA) is 18.5 Å². The Morgan fingerprint density at radius 2 is 0.915 bits per heavy atom. The first-order valence-electron chi connectivity index (χ1n) is 15.6. The van der Waals surface area contributed by atoms with Crippen LogP contribution in [-0.2, 0) is 16.6 Å². The molecule has 0 bridgehead atoms. The van der Waals surface area contributed by atoms with Crippen LogP contribution in [0.25, 0.3) is 0 Å². The standard InChI is InChI=1S/2C14H13F2OSi.2C5H5.Ti/c2*1-18(2,12-6-4-3-5-7-12)17-14-9-8-11(15)10-13(14)16;2*1-2-4-5-3-1;/h2*3-9H,1-2H3;2*1-3H,4H2;. The van der Waals surface area contributed by atoms with Crippen LogP contribution in [0.2, 0.25) is 26.2 Å². The summed E-state index contributed by atoms with van der Waals surface area (Å²) < 4.78 is 81.1. The second-order valence-electron chi connectivity index (χ2n) is 12.8. The van der Waals surface area contributed by atoms with E-state index in [9.17, 15) is 0 Å². The third-order valence-corrected chi connectivity index (χ3v) is 21.9. The molecule has 2 aliphatic carbocycles. The van der Waals surface area contributed by atoms with Gasteiger partial charge in [-0.1, -0.05) is 0 Å². The van der Waals surface area contributed by atoms with Crippen molar-refractivity contribution in [1.29, 1.82) is 0 Å². The molecule has 4 aromatic carbocycles. The Hall–Kier alpha value is -3.69. The van der Waals surface area contributed by atoms with Crippen molar-refractivity contribution in [3.63, 3.8) is 0 Å². The van der Waals surface area contributed by atoms with Crippen molar-refractivity contribution in [2.24, 2.45) is 0 Å². The molecule has 9 heteroatoms. The predicted molar refractivity (Wildman–Crippen MR) is 184 cm³/mol. The second-order valence-corrected chi connectivity index (χ2v) is 26.3. The number of allylic oxidation sites excluding steroid dienone is 8. The first-order chi connectivity index (χ1) is 22.5. The van der Waals surface area contributed by atoms with Crippen LogP contribution in [-0.4, -0.2) is 16.6 Å². The molecule has 0 amide bonds. The van der Waals surface area contributed by atoms with Crippen molar-refractivity contribution in [2.45, 2.75) is 39.0 Å². The molecule has 0 heterocycles. The summed E-state index contributed by atoms with van der Waals surface area (Å²) >= 11 is -5.06. The van der Waals surface area contributed by atoms with Crippen molar-refractivity contribution in [3.05, 3.63) is 152 Å². The van der Waals surface area contributed by atoms with Crippen LogP contribution >= 0.6 is 0 Å². The van der Waals surface area contributed by atoms with Gasteiger partial charge in [-0.3, -0.25) is 0 Å². The van der Waals surface area contributed by atoms with E-state index >= 15 is 17.6 Å². The molecule has 0 atom stereocenters. The van der Waals surface area contributed by atoms with Crippen molar-refractivity contribution >= 4 is 34.7 Å². The van der Waals surface area contributed by atoms with Gasteiger partial charge in [-0.15, -0.1) is 0 Å². The van der Waals surface area contributed by atoms with Crippen molar-refractivity contribution in [2.75, 3.05) is 0 Å². The molecule has 6 rings (SSSR count). The van der Waals surface area contributed by atoms with E-state index in [2.05, 4.69) is 0 Å². The second kappa shape index (κ2) is 13.1. The Labute approximate surface area is 279 Å². The average Bonchev–Trinajstić information content (AvgIpc) is 3.80. The van der Waals surface area contributed by atoms with E-state index < -0.39 is 56.5 Å². The summed E-state index contributed by atoms with van der Waals surface area (Å²) in [5.74, 6) is -3.77. The zero-order chi connectivity index (χ0) is 33.4. The van der Waals surface area contributed by atoms with Crippen LogP contribution in [0, 0.1) is 23.3 Å². The van der Waals surface area contributed by atoms with Gasteiger partial charge in [0, 0.05) is 0 Å². The SMILES string of the molecule is C[Si](C)(Oc1ccc(F)[c]([Ti]([C]2=CC=CC2)([C]2=CC=CC2)[c]2c(F)ccc(O[Si](C)(C)c3ccccc3)c2F)c1F)c1ccccc1. The number of hydrogen-bond acceptors (Lipinski definition) is 2. The third-order valence-electron chi connectivity index (χ3n) is 9.04. The first-order valence-corrected chi connectivity index (χ1v) is 24.6. The van der Waals surface area contributed by atoms with Crippen LogP contribution in [0.4, 0.5) is 17.6 Å². The van der Waals surface area contributed by atoms with Crippen molar-refractivity contribution < 1.29 is 43.0 Å². The summed E-state index contributed by atoms with van der Waals surface area (Å²) in [4.78, 5) is 0. The minimum absolute atomic E-state index is 0.124. The maximum atomic E-state index is 17.3. The molecule has 2 aliphatic rings. The van der Waals surface area contributed by atoms with Crippen LogP contribution < -0.4 is 27.0 Å². The monoisotopic (exact) mass is 704 g/mol. The number of rotatable bonds is 10. The predicted octanol–water partition coefficient (Wildman–Crippen LogP) is 8.02. The maximum absolute atomic E-state index is 17.3. The van der Waals surface area contributed by atoms with Crippen molar-refractivity contribution in [3.8, 4) is 11.5 Å². The Morgan fingerprint density at radius 1 is 0.532 bits per heavy atom. The summed E-state index contributed by atoms with van der Waals surface area (Å²) in [5.41, 5.74) is 0. The van der Waals surface area contributed by atoms with Gasteiger partial charge in [0.2, 0.25) is 0 Å². The van der Waals surface area contributed by atoms with E-state index in [1.165, 1.54) is 24.3 Å². The van der Waals surface area contributed by atoms with Gasteiger partial charge in [0.25, 0.3) is 0 Å². The third kappa shape index (κ3) is 6.08. The van der Waals surface area contributed by atoms with E-state index in [0.29, 0.717) is 20.6 Å².